The maximum Gasteiger partial charge on any atom is 0.244 e. The van der Waals surface area contributed by atoms with Crippen LogP contribution in [0.2, 0.25) is 0 Å². The van der Waals surface area contributed by atoms with Gasteiger partial charge in [-0.05, 0) is 48.9 Å². The molecule has 2 aromatic carbocycles. The fourth-order valence-corrected chi connectivity index (χ4v) is 5.41. The van der Waals surface area contributed by atoms with E-state index in [9.17, 15) is 8.42 Å². The molecule has 1 aliphatic rings. The van der Waals surface area contributed by atoms with Gasteiger partial charge in [-0.15, -0.1) is 0 Å². The van der Waals surface area contributed by atoms with E-state index in [0.29, 0.717) is 29.5 Å². The molecule has 0 spiro atoms. The lowest BCUT2D eigenvalue weighted by molar-refractivity contribution is 0.296. The second kappa shape index (κ2) is 7.57. The van der Waals surface area contributed by atoms with Crippen molar-refractivity contribution < 1.29 is 17.9 Å². The molecule has 1 atom stereocenters. The average Bonchev–Trinajstić information content (AvgIpc) is 3.21. The molecule has 0 radical (unpaired) electrons. The van der Waals surface area contributed by atoms with Crippen LogP contribution >= 0.6 is 0 Å². The summed E-state index contributed by atoms with van der Waals surface area (Å²) >= 11 is 0. The molecule has 0 saturated heterocycles. The first-order valence-corrected chi connectivity index (χ1v) is 10.8. The second-order valence-electron chi connectivity index (χ2n) is 7.07. The van der Waals surface area contributed by atoms with Crippen LogP contribution in [0.4, 0.5) is 0 Å². The lowest BCUT2D eigenvalue weighted by Crippen LogP contribution is -2.42. The number of benzene rings is 2. The predicted molar refractivity (Wildman–Crippen MR) is 111 cm³/mol. The van der Waals surface area contributed by atoms with Gasteiger partial charge >= 0.3 is 0 Å². The molecule has 0 saturated carbocycles. The fraction of sp³-hybridized carbons (Fsp3) is 0.273. The molecule has 29 heavy (non-hydrogen) atoms. The molecule has 4 rings (SSSR count). The van der Waals surface area contributed by atoms with Crippen LogP contribution in [-0.2, 0) is 16.6 Å². The lowest BCUT2D eigenvalue weighted by atomic mass is 10.0. The SMILES string of the molecule is COc1ccc([C@@H]2c3cccn3CCN2S(=O)(=O)c2ccc(C)cc2)cc1OC. The first-order valence-electron chi connectivity index (χ1n) is 9.41. The summed E-state index contributed by atoms with van der Waals surface area (Å²) in [4.78, 5) is 0.300. The summed E-state index contributed by atoms with van der Waals surface area (Å²) in [6, 6.07) is 16.0. The van der Waals surface area contributed by atoms with Crippen LogP contribution in [0.15, 0.2) is 65.7 Å². The summed E-state index contributed by atoms with van der Waals surface area (Å²) in [5.41, 5.74) is 2.78. The number of hydrogen-bond acceptors (Lipinski definition) is 4. The van der Waals surface area contributed by atoms with Crippen LogP contribution in [0.3, 0.4) is 0 Å². The summed E-state index contributed by atoms with van der Waals surface area (Å²) in [7, 11) is -0.528. The van der Waals surface area contributed by atoms with Gasteiger partial charge in [0.1, 0.15) is 0 Å². The zero-order valence-electron chi connectivity index (χ0n) is 16.7. The Morgan fingerprint density at radius 3 is 2.34 bits per heavy atom. The van der Waals surface area contributed by atoms with Crippen molar-refractivity contribution in [2.45, 2.75) is 24.4 Å². The van der Waals surface area contributed by atoms with Crippen molar-refractivity contribution in [3.63, 3.8) is 0 Å². The first-order chi connectivity index (χ1) is 14.0. The summed E-state index contributed by atoms with van der Waals surface area (Å²) in [5, 5.41) is 0. The summed E-state index contributed by atoms with van der Waals surface area (Å²) < 4.78 is 41.6. The highest BCUT2D eigenvalue weighted by Gasteiger charge is 2.37. The van der Waals surface area contributed by atoms with E-state index in [1.54, 1.807) is 30.7 Å². The minimum absolute atomic E-state index is 0.300. The zero-order chi connectivity index (χ0) is 20.6. The topological polar surface area (TPSA) is 60.8 Å². The molecule has 3 aromatic rings. The van der Waals surface area contributed by atoms with Gasteiger partial charge in [0, 0.05) is 25.0 Å². The molecule has 0 unspecified atom stereocenters. The predicted octanol–water partition coefficient (Wildman–Crippen LogP) is 3.61. The zero-order valence-corrected chi connectivity index (χ0v) is 17.5. The van der Waals surface area contributed by atoms with Crippen LogP contribution in [0.1, 0.15) is 22.9 Å². The molecular weight excluding hydrogens is 388 g/mol. The van der Waals surface area contributed by atoms with Crippen LogP contribution < -0.4 is 9.47 Å². The first kappa shape index (κ1) is 19.5. The van der Waals surface area contributed by atoms with Crippen molar-refractivity contribution in [1.82, 2.24) is 8.87 Å². The summed E-state index contributed by atoms with van der Waals surface area (Å²) in [5.74, 6) is 1.18. The third-order valence-electron chi connectivity index (χ3n) is 5.34. The highest BCUT2D eigenvalue weighted by molar-refractivity contribution is 7.89. The maximum atomic E-state index is 13.6. The average molecular weight is 413 g/mol. The highest BCUT2D eigenvalue weighted by atomic mass is 32.2. The number of fused-ring (bicyclic) bond motifs is 1. The number of hydrogen-bond donors (Lipinski definition) is 0. The molecule has 0 fully saturated rings. The van der Waals surface area contributed by atoms with Gasteiger partial charge in [-0.2, -0.15) is 4.31 Å². The van der Waals surface area contributed by atoms with E-state index in [-0.39, 0.29) is 0 Å². The summed E-state index contributed by atoms with van der Waals surface area (Å²) in [6.07, 6.45) is 1.99. The van der Waals surface area contributed by atoms with E-state index < -0.39 is 16.1 Å². The summed E-state index contributed by atoms with van der Waals surface area (Å²) in [6.45, 7) is 2.94. The standard InChI is InChI=1S/C22H24N2O4S/c1-16-6-9-18(10-7-16)29(25,26)24-14-13-23-12-4-5-19(23)22(24)17-8-11-20(27-2)21(15-17)28-3/h4-12,15,22H,13-14H2,1-3H3/t22-/m1/s1. The number of aryl methyl sites for hydroxylation is 1. The van der Waals surface area contributed by atoms with E-state index in [2.05, 4.69) is 4.57 Å². The number of aromatic nitrogens is 1. The van der Waals surface area contributed by atoms with E-state index in [4.69, 9.17) is 9.47 Å². The van der Waals surface area contributed by atoms with E-state index >= 15 is 0 Å². The Hall–Kier alpha value is -2.77. The highest BCUT2D eigenvalue weighted by Crippen LogP contribution is 2.39. The fourth-order valence-electron chi connectivity index (χ4n) is 3.83. The van der Waals surface area contributed by atoms with Gasteiger partial charge in [-0.3, -0.25) is 0 Å². The van der Waals surface area contributed by atoms with E-state index in [1.807, 2.05) is 55.6 Å². The molecule has 152 valence electrons. The van der Waals surface area contributed by atoms with Crippen molar-refractivity contribution in [3.05, 3.63) is 77.6 Å². The second-order valence-corrected chi connectivity index (χ2v) is 8.96. The monoisotopic (exact) mass is 412 g/mol. The molecule has 0 N–H and O–H groups in total. The quantitative estimate of drug-likeness (QED) is 0.642. The Labute approximate surface area is 171 Å². The Kier molecular flexibility index (Phi) is 5.10. The van der Waals surface area contributed by atoms with Crippen molar-refractivity contribution in [3.8, 4) is 11.5 Å². The maximum absolute atomic E-state index is 13.6. The van der Waals surface area contributed by atoms with Crippen molar-refractivity contribution in [2.24, 2.45) is 0 Å². The van der Waals surface area contributed by atoms with Gasteiger partial charge in [0.2, 0.25) is 10.0 Å². The van der Waals surface area contributed by atoms with Gasteiger partial charge in [-0.25, -0.2) is 8.42 Å². The van der Waals surface area contributed by atoms with Crippen molar-refractivity contribution in [1.29, 1.82) is 0 Å². The molecule has 1 aromatic heterocycles. The molecule has 7 heteroatoms. The molecule has 0 amide bonds. The number of nitrogens with zero attached hydrogens (tertiary/aromatic N) is 2. The van der Waals surface area contributed by atoms with Crippen molar-refractivity contribution in [2.75, 3.05) is 20.8 Å². The number of sulfonamides is 1. The molecule has 6 nitrogen and oxygen atoms in total. The minimum atomic E-state index is -3.68. The van der Waals surface area contributed by atoms with Gasteiger partial charge in [0.15, 0.2) is 11.5 Å². The van der Waals surface area contributed by atoms with Crippen LogP contribution in [0.25, 0.3) is 0 Å². The largest absolute Gasteiger partial charge is 0.493 e. The van der Waals surface area contributed by atoms with E-state index in [0.717, 1.165) is 16.8 Å². The number of rotatable bonds is 5. The third-order valence-corrected chi connectivity index (χ3v) is 7.22. The van der Waals surface area contributed by atoms with E-state index in [1.165, 1.54) is 0 Å². The molecular formula is C22H24N2O4S. The third kappa shape index (κ3) is 3.41. The van der Waals surface area contributed by atoms with Crippen LogP contribution in [-0.4, -0.2) is 38.1 Å². The van der Waals surface area contributed by atoms with Crippen LogP contribution in [0, 0.1) is 6.92 Å². The molecule has 2 heterocycles. The Morgan fingerprint density at radius 2 is 1.66 bits per heavy atom. The molecule has 0 aliphatic carbocycles. The van der Waals surface area contributed by atoms with Crippen molar-refractivity contribution >= 4 is 10.0 Å². The number of methoxy groups -OCH3 is 2. The molecule has 0 bridgehead atoms. The lowest BCUT2D eigenvalue weighted by Gasteiger charge is -2.36. The minimum Gasteiger partial charge on any atom is -0.493 e. The Morgan fingerprint density at radius 1 is 0.931 bits per heavy atom. The van der Waals surface area contributed by atoms with Gasteiger partial charge in [0.25, 0.3) is 0 Å². The normalized spacial score (nSPS) is 17.0. The Bertz CT molecular complexity index is 1120. The smallest absolute Gasteiger partial charge is 0.244 e. The Balaban J connectivity index is 1.85. The van der Waals surface area contributed by atoms with Gasteiger partial charge in [-0.1, -0.05) is 23.8 Å². The molecule has 1 aliphatic heterocycles. The van der Waals surface area contributed by atoms with Crippen LogP contribution in [0.5, 0.6) is 11.5 Å². The van der Waals surface area contributed by atoms with Gasteiger partial charge < -0.3 is 14.0 Å². The van der Waals surface area contributed by atoms with Gasteiger partial charge in [0.05, 0.1) is 25.2 Å². The number of ether oxygens (including phenoxy) is 2.